The molecular formula is C89H135B4Cl4N9O22S. The second-order valence-electron chi connectivity index (χ2n) is 36.8. The Bertz CT molecular complexity index is 4860. The summed E-state index contributed by atoms with van der Waals surface area (Å²) in [5.41, 5.74) is -0.401. The number of carboxylic acid groups (broad SMARTS) is 1. The molecule has 0 unspecified atom stereocenters. The van der Waals surface area contributed by atoms with Crippen LogP contribution in [0.5, 0.6) is 29.0 Å². The lowest BCUT2D eigenvalue weighted by Gasteiger charge is -2.31. The fourth-order valence-corrected chi connectivity index (χ4v) is 15.1. The van der Waals surface area contributed by atoms with Gasteiger partial charge in [-0.05, 0) is 197 Å². The van der Waals surface area contributed by atoms with Crippen molar-refractivity contribution in [3.05, 3.63) is 82.7 Å². The number of aliphatic hydroxyl groups is 1. The number of carboxylic acids is 1. The molecule has 2 amide bonds. The van der Waals surface area contributed by atoms with E-state index in [1.165, 1.54) is 16.9 Å². The molecule has 4 aliphatic rings. The summed E-state index contributed by atoms with van der Waals surface area (Å²) >= 11 is 18.5. The molecule has 0 bridgehead atoms. The molecule has 4 fully saturated rings. The molecule has 3 saturated heterocycles. The molecule has 3 aliphatic heterocycles. The number of fused-ring (bicyclic) bond motifs is 3. The van der Waals surface area contributed by atoms with Crippen LogP contribution in [0.25, 0.3) is 33.1 Å². The number of carbonyl (C=O) groups excluding carboxylic acids is 6. The number of sulfone groups is 1. The van der Waals surface area contributed by atoms with Gasteiger partial charge in [-0.1, -0.05) is 97.3 Å². The number of benzene rings is 3. The van der Waals surface area contributed by atoms with Gasteiger partial charge in [-0.3, -0.25) is 24.2 Å². The summed E-state index contributed by atoms with van der Waals surface area (Å²) in [5, 5.41) is 22.5. The molecule has 31 nitrogen and oxygen atoms in total. The van der Waals surface area contributed by atoms with E-state index in [-0.39, 0.29) is 122 Å². The summed E-state index contributed by atoms with van der Waals surface area (Å²) in [7, 11) is 15.2. The Kier molecular flexibility index (Phi) is 45.1. The second-order valence-corrected chi connectivity index (χ2v) is 39.8. The maximum Gasteiger partial charge on any atom is 0.411 e. The van der Waals surface area contributed by atoms with Crippen molar-refractivity contribution in [3.63, 3.8) is 0 Å². The lowest BCUT2D eigenvalue weighted by Crippen LogP contribution is -2.47. The Labute approximate surface area is 788 Å². The van der Waals surface area contributed by atoms with Gasteiger partial charge in [-0.25, -0.2) is 57.5 Å². The van der Waals surface area contributed by atoms with Crippen molar-refractivity contribution in [2.45, 2.75) is 287 Å². The largest absolute Gasteiger partial charge is 0.497 e. The number of β-amino-alcohol motifs (C(OH)–C–C–N with tert-alkyl or cyclic N) is 1. The standard InChI is InChI=1S/C25H34ClN3O6.C20H26ClN3O4.C16H29NO5.C16H26O4.C10H9ClN2O3S.2CH4.B4.ClH.H2/c1-9-15-18(33-21-20(26)27-16-11-10-14(32-8)12-17(16)28-21)13-29(23(31)35-25(5,6)7)19(15)22(30)34-24(2,3)4;1-6-12-15(10-22-16(12)19(25)28-20(2,3)4)27-18-17(21)23-13-8-7-11(26-5)9-14(13)24-18;1-8-10-11(18)9-17(14(20)22-16(5,6)7)12(10)13(19)21-15(2,3)4;1-5-6-7-8-11-9-13(11)20-14(17)10-12(15(18)19)16(2,3)4;1-16-6-3-4-7-8(5-6)13-10(9(11)12-7)17(2,14)15;;;1-4(2)3;;/h10-12,15,18-19H,9,13H2,1-8H3;7-9,12,15-16,22H,6,10H2,1-5H3;10-12,18H,8-9H2,1-7H3;5,11-13H,1,6-10H2,2-4H3,(H,18,19);3-5H,1-2H3;2*1H4;;2*1H/t15-,18+,19+;12-,15+,16+;10-,11+,12+;11-,12-,13-;;;;;;/m1111....../s1/i;;;;;;;;;1+1. The molecule has 3 N–H and O–H groups in total. The summed E-state index contributed by atoms with van der Waals surface area (Å²) in [4.78, 5) is 115. The molecule has 714 valence electrons. The Morgan fingerprint density at radius 2 is 0.946 bits per heavy atom. The van der Waals surface area contributed by atoms with Gasteiger partial charge >= 0.3 is 42.0 Å². The second kappa shape index (κ2) is 49.9. The fraction of sp³-hybridized carbons (Fsp3) is 0.629. The predicted octanol–water partition coefficient (Wildman–Crippen LogP) is 16.3. The Morgan fingerprint density at radius 1 is 0.566 bits per heavy atom. The van der Waals surface area contributed by atoms with E-state index in [1.807, 2.05) is 68.4 Å². The zero-order valence-corrected chi connectivity index (χ0v) is 81.5. The van der Waals surface area contributed by atoms with Gasteiger partial charge in [-0.15, -0.1) is 19.0 Å². The normalized spacial score (nSPS) is 20.1. The molecule has 12 atom stereocenters. The van der Waals surface area contributed by atoms with Crippen LogP contribution in [0, 0.1) is 35.0 Å². The van der Waals surface area contributed by atoms with Crippen LogP contribution in [0.4, 0.5) is 9.59 Å². The van der Waals surface area contributed by atoms with Crippen LogP contribution in [-0.2, 0) is 62.2 Å². The first-order valence-corrected chi connectivity index (χ1v) is 44.7. The zero-order valence-electron chi connectivity index (χ0n) is 77.6. The number of methoxy groups -OCH3 is 3. The number of nitrogens with zero attached hydrogens (tertiary/aromatic N) is 8. The number of aromatic nitrogens is 6. The summed E-state index contributed by atoms with van der Waals surface area (Å²) in [6.45, 7) is 42.5. The number of aliphatic carboxylic acids is 1. The minimum Gasteiger partial charge on any atom is -0.497 e. The van der Waals surface area contributed by atoms with E-state index in [2.05, 4.69) is 65.0 Å². The maximum absolute atomic E-state index is 13.2. The van der Waals surface area contributed by atoms with Gasteiger partial charge in [0.1, 0.15) is 81.7 Å². The number of likely N-dealkylation sites (tertiary alicyclic amines) is 2. The van der Waals surface area contributed by atoms with Crippen molar-refractivity contribution in [3.8, 4) is 29.0 Å². The van der Waals surface area contributed by atoms with Crippen LogP contribution in [0.15, 0.2) is 72.3 Å². The lowest BCUT2D eigenvalue weighted by molar-refractivity contribution is -0.162. The molecule has 1 aliphatic carbocycles. The molecule has 3 aromatic carbocycles. The minimum absolute atomic E-state index is 0. The Hall–Kier alpha value is -8.40. The molecule has 1 saturated carbocycles. The van der Waals surface area contributed by atoms with Crippen molar-refractivity contribution in [2.24, 2.45) is 35.0 Å². The first kappa shape index (κ1) is 117. The van der Waals surface area contributed by atoms with Gasteiger partial charge in [0.25, 0.3) is 11.8 Å². The van der Waals surface area contributed by atoms with Gasteiger partial charge < -0.3 is 67.6 Å². The number of carbonyl (C=O) groups is 7. The summed E-state index contributed by atoms with van der Waals surface area (Å²) < 4.78 is 83.6. The third-order valence-electron chi connectivity index (χ3n) is 19.4. The number of halogens is 4. The van der Waals surface area contributed by atoms with Gasteiger partial charge in [0.15, 0.2) is 30.3 Å². The molecule has 129 heavy (non-hydrogen) atoms. The number of ether oxygens (including phenoxy) is 11. The number of amides is 2. The number of rotatable bonds is 22. The first-order valence-electron chi connectivity index (χ1n) is 41.7. The van der Waals surface area contributed by atoms with Crippen LogP contribution in [0.1, 0.15) is 213 Å². The van der Waals surface area contributed by atoms with E-state index in [4.69, 9.17) is 86.9 Å². The van der Waals surface area contributed by atoms with Crippen LogP contribution in [0.3, 0.4) is 0 Å². The third kappa shape index (κ3) is 36.9. The molecule has 40 heteroatoms. The average Bonchev–Trinajstić information content (AvgIpc) is 1.68. The van der Waals surface area contributed by atoms with Gasteiger partial charge in [0.2, 0.25) is 0 Å². The van der Waals surface area contributed by atoms with Gasteiger partial charge in [0.05, 0.1) is 86.0 Å². The van der Waals surface area contributed by atoms with Crippen molar-refractivity contribution in [1.82, 2.24) is 45.0 Å². The van der Waals surface area contributed by atoms with Crippen molar-refractivity contribution in [2.75, 3.05) is 47.2 Å². The van der Waals surface area contributed by atoms with E-state index in [9.17, 15) is 52.2 Å². The van der Waals surface area contributed by atoms with E-state index < -0.39 is 116 Å². The summed E-state index contributed by atoms with van der Waals surface area (Å²) in [6.07, 6.45) is 5.28. The minimum atomic E-state index is -3.49. The molecular weight excluding hydrogens is 1760 g/mol. The van der Waals surface area contributed by atoms with Crippen molar-refractivity contribution in [1.29, 1.82) is 0 Å². The highest BCUT2D eigenvalue weighted by atomic mass is 35.5. The molecule has 6 aromatic rings. The van der Waals surface area contributed by atoms with Crippen molar-refractivity contribution < 1.29 is 106 Å². The third-order valence-corrected chi connectivity index (χ3v) is 21.3. The predicted molar refractivity (Wildman–Crippen MR) is 508 cm³/mol. The Balaban J connectivity index is 0.000000814. The van der Waals surface area contributed by atoms with E-state index in [0.717, 1.165) is 38.4 Å². The zero-order chi connectivity index (χ0) is 95.4. The van der Waals surface area contributed by atoms with Gasteiger partial charge in [-0.2, -0.15) is 0 Å². The maximum atomic E-state index is 13.2. The van der Waals surface area contributed by atoms with E-state index in [1.54, 1.807) is 152 Å². The number of allylic oxidation sites excluding steroid dienone is 1. The van der Waals surface area contributed by atoms with Crippen LogP contribution in [-0.4, -0.2) is 248 Å². The first-order chi connectivity index (χ1) is 58.2. The smallest absolute Gasteiger partial charge is 0.411 e. The highest BCUT2D eigenvalue weighted by molar-refractivity contribution is 7.90. The number of unbranched alkanes of at least 4 members (excludes halogenated alkanes) is 1. The average molecular weight is 1900 g/mol. The number of hydrogen-bond donors (Lipinski definition) is 3. The number of hydrogen-bond acceptors (Lipinski definition) is 28. The molecule has 6 radical (unpaired) electrons. The number of esters is 4. The topological polar surface area (TPSA) is 391 Å². The van der Waals surface area contributed by atoms with E-state index in [0.29, 0.717) is 75.7 Å². The van der Waals surface area contributed by atoms with Crippen LogP contribution >= 0.6 is 47.2 Å². The summed E-state index contributed by atoms with van der Waals surface area (Å²) in [5.74, 6) is -1.40. The molecule has 6 heterocycles. The SMILES string of the molecule is C.C.C=CCCC[C@@H]1C[C@H]1OC(=O)C[C@H](C(=O)O)C(C)(C)C.CC[C@@H]1[C@@H](Oc2nc3cc(OC)ccc3nc2Cl)CN(C(=O)OC(C)(C)C)[C@@H]1C(=O)OC(C)(C)C.CC[C@@H]1[C@@H](Oc2nc3cc(OC)ccc3nc2Cl)CN[C@@H]1C(=O)OC(C)(C)C.CC[C@H]1[C@@H](C(=O)OC(C)(C)C)N(C(=O)OC(C)(C)C)C[C@@H]1O.COc1ccc2nc(Cl)c(S(C)(=O)=O)nc2c1.Cl.[2HH].[B]B([B])[B]. The Morgan fingerprint density at radius 3 is 1.32 bits per heavy atom. The lowest BCUT2D eigenvalue weighted by atomic mass is 9.08. The monoisotopic (exact) mass is 1900 g/mol. The molecule has 10 rings (SSSR count). The van der Waals surface area contributed by atoms with Crippen LogP contribution in [0.2, 0.25) is 15.5 Å². The number of aliphatic hydroxyl groups excluding tert-OH is 1. The quantitative estimate of drug-likeness (QED) is 0.0187. The highest BCUT2D eigenvalue weighted by Gasteiger charge is 2.53. The molecule has 0 spiro atoms. The summed E-state index contributed by atoms with van der Waals surface area (Å²) in [6, 6.07) is 13.5. The van der Waals surface area contributed by atoms with Crippen LogP contribution < -0.4 is 29.0 Å². The van der Waals surface area contributed by atoms with E-state index >= 15 is 0 Å². The highest BCUT2D eigenvalue weighted by Crippen LogP contribution is 2.41. The number of nitrogens with one attached hydrogen (secondary N) is 1. The fourth-order valence-electron chi connectivity index (χ4n) is 13.6. The molecule has 3 aromatic heterocycles. The van der Waals surface area contributed by atoms with Gasteiger partial charge in [0, 0.05) is 79.8 Å². The van der Waals surface area contributed by atoms with Crippen molar-refractivity contribution >= 4 is 162 Å².